The first-order chi connectivity index (χ1) is 10.8. The van der Waals surface area contributed by atoms with E-state index < -0.39 is 11.7 Å². The van der Waals surface area contributed by atoms with E-state index in [1.807, 2.05) is 0 Å². The maximum Gasteiger partial charge on any atom is 0.417 e. The number of alkyl halides is 3. The topological polar surface area (TPSA) is 49.7 Å². The molecule has 0 spiro atoms. The highest BCUT2D eigenvalue weighted by molar-refractivity contribution is 5.90. The van der Waals surface area contributed by atoms with Crippen LogP contribution in [0.15, 0.2) is 27.9 Å². The first kappa shape index (κ1) is 16.0. The molecule has 0 bridgehead atoms. The molecule has 0 aromatic rings. The minimum Gasteiger partial charge on any atom is -0.338 e. The van der Waals surface area contributed by atoms with E-state index in [2.05, 4.69) is 4.99 Å². The molecule has 0 aromatic carbocycles. The van der Waals surface area contributed by atoms with E-state index in [0.29, 0.717) is 38.0 Å². The molecule has 1 aliphatic carbocycles. The SMILES string of the molecule is O=C1CC[C@H](C(=O)N2CCC3=C(CC=C(C(F)(F)F)C=N3)C2)C1. The molecule has 0 N–H and O–H groups in total. The highest BCUT2D eigenvalue weighted by atomic mass is 19.4. The smallest absolute Gasteiger partial charge is 0.338 e. The number of allylic oxidation sites excluding steroid dienone is 2. The molecule has 0 saturated heterocycles. The second-order valence-corrected chi connectivity index (χ2v) is 6.16. The van der Waals surface area contributed by atoms with Crippen molar-refractivity contribution in [2.75, 3.05) is 13.1 Å². The first-order valence-corrected chi connectivity index (χ1v) is 7.67. The Morgan fingerprint density at radius 1 is 1.30 bits per heavy atom. The van der Waals surface area contributed by atoms with Gasteiger partial charge < -0.3 is 4.90 Å². The Labute approximate surface area is 131 Å². The van der Waals surface area contributed by atoms with Gasteiger partial charge in [-0.3, -0.25) is 14.6 Å². The Morgan fingerprint density at radius 2 is 2.09 bits per heavy atom. The number of ketones is 1. The van der Waals surface area contributed by atoms with Crippen LogP contribution in [-0.4, -0.2) is 42.1 Å². The number of carbonyl (C=O) groups excluding carboxylic acids is 2. The van der Waals surface area contributed by atoms with E-state index in [1.165, 1.54) is 0 Å². The summed E-state index contributed by atoms with van der Waals surface area (Å²) >= 11 is 0. The van der Waals surface area contributed by atoms with Gasteiger partial charge in [-0.25, -0.2) is 0 Å². The number of rotatable bonds is 1. The van der Waals surface area contributed by atoms with Crippen LogP contribution < -0.4 is 0 Å². The minimum atomic E-state index is -4.40. The Balaban J connectivity index is 1.70. The molecule has 124 valence electrons. The van der Waals surface area contributed by atoms with Crippen molar-refractivity contribution in [3.63, 3.8) is 0 Å². The molecular weight excluding hydrogens is 309 g/mol. The van der Waals surface area contributed by atoms with Gasteiger partial charge in [0.15, 0.2) is 0 Å². The van der Waals surface area contributed by atoms with Crippen LogP contribution in [0.2, 0.25) is 0 Å². The van der Waals surface area contributed by atoms with E-state index in [4.69, 9.17) is 0 Å². The molecule has 0 radical (unpaired) electrons. The van der Waals surface area contributed by atoms with E-state index >= 15 is 0 Å². The predicted molar refractivity (Wildman–Crippen MR) is 77.8 cm³/mol. The standard InChI is InChI=1S/C16H17F3N2O2/c17-16(18,19)12-3-1-11-9-21(6-5-14(11)20-8-12)15(23)10-2-4-13(22)7-10/h3,8,10H,1-2,4-7,9H2/t10-/m0/s1. The summed E-state index contributed by atoms with van der Waals surface area (Å²) in [6.07, 6.45) is -0.491. The zero-order valence-electron chi connectivity index (χ0n) is 12.5. The maximum atomic E-state index is 12.8. The van der Waals surface area contributed by atoms with Crippen LogP contribution in [0.1, 0.15) is 32.1 Å². The minimum absolute atomic E-state index is 0.0596. The highest BCUT2D eigenvalue weighted by Gasteiger charge is 2.35. The maximum absolute atomic E-state index is 12.8. The average Bonchev–Trinajstić information content (AvgIpc) is 2.80. The van der Waals surface area contributed by atoms with E-state index in [-0.39, 0.29) is 30.4 Å². The van der Waals surface area contributed by atoms with Gasteiger partial charge in [0.25, 0.3) is 0 Å². The second-order valence-electron chi connectivity index (χ2n) is 6.16. The predicted octanol–water partition coefficient (Wildman–Crippen LogP) is 2.81. The molecule has 7 heteroatoms. The van der Waals surface area contributed by atoms with Gasteiger partial charge in [0.1, 0.15) is 5.78 Å². The van der Waals surface area contributed by atoms with Gasteiger partial charge in [0.05, 0.1) is 5.57 Å². The van der Waals surface area contributed by atoms with Crippen molar-refractivity contribution in [1.29, 1.82) is 0 Å². The van der Waals surface area contributed by atoms with Gasteiger partial charge in [0, 0.05) is 50.2 Å². The quantitative estimate of drug-likeness (QED) is 0.744. The number of amides is 1. The van der Waals surface area contributed by atoms with Crippen molar-refractivity contribution in [3.8, 4) is 0 Å². The molecule has 3 rings (SSSR count). The van der Waals surface area contributed by atoms with Crippen molar-refractivity contribution < 1.29 is 22.8 Å². The average molecular weight is 326 g/mol. The zero-order valence-corrected chi connectivity index (χ0v) is 12.5. The summed E-state index contributed by atoms with van der Waals surface area (Å²) in [4.78, 5) is 29.4. The van der Waals surface area contributed by atoms with Gasteiger partial charge >= 0.3 is 6.18 Å². The van der Waals surface area contributed by atoms with Gasteiger partial charge in [0.2, 0.25) is 5.91 Å². The Bertz CT molecular complexity index is 632. The number of nitrogens with zero attached hydrogens (tertiary/aromatic N) is 2. The lowest BCUT2D eigenvalue weighted by Gasteiger charge is -2.31. The molecule has 2 heterocycles. The van der Waals surface area contributed by atoms with Gasteiger partial charge in [-0.1, -0.05) is 6.08 Å². The monoisotopic (exact) mass is 326 g/mol. The van der Waals surface area contributed by atoms with Crippen LogP contribution >= 0.6 is 0 Å². The van der Waals surface area contributed by atoms with Crippen molar-refractivity contribution in [1.82, 2.24) is 4.90 Å². The van der Waals surface area contributed by atoms with Crippen LogP contribution in [-0.2, 0) is 9.59 Å². The third-order valence-corrected chi connectivity index (χ3v) is 4.57. The lowest BCUT2D eigenvalue weighted by molar-refractivity contribution is -0.136. The molecule has 0 unspecified atom stereocenters. The van der Waals surface area contributed by atoms with Crippen LogP contribution in [0.3, 0.4) is 0 Å². The number of carbonyl (C=O) groups is 2. The van der Waals surface area contributed by atoms with Gasteiger partial charge in [-0.2, -0.15) is 13.2 Å². The fourth-order valence-electron chi connectivity index (χ4n) is 3.25. The number of Topliss-reactive ketones (excluding diaryl/α,β-unsaturated/α-hetero) is 1. The molecule has 1 saturated carbocycles. The van der Waals surface area contributed by atoms with Crippen molar-refractivity contribution in [2.45, 2.75) is 38.3 Å². The molecule has 2 aliphatic heterocycles. The fraction of sp³-hybridized carbons (Fsp3) is 0.562. The number of aliphatic imine (C=N–C) groups is 1. The van der Waals surface area contributed by atoms with Crippen LogP contribution in [0.25, 0.3) is 0 Å². The second kappa shape index (κ2) is 5.94. The van der Waals surface area contributed by atoms with Gasteiger partial charge in [-0.15, -0.1) is 0 Å². The summed E-state index contributed by atoms with van der Waals surface area (Å²) in [6.45, 7) is 0.749. The molecule has 1 amide bonds. The van der Waals surface area contributed by atoms with Crippen LogP contribution in [0.5, 0.6) is 0 Å². The molecule has 3 aliphatic rings. The van der Waals surface area contributed by atoms with Crippen molar-refractivity contribution in [3.05, 3.63) is 22.9 Å². The molecule has 23 heavy (non-hydrogen) atoms. The summed E-state index contributed by atoms with van der Waals surface area (Å²) in [5.74, 6) is -0.215. The molecule has 1 atom stereocenters. The van der Waals surface area contributed by atoms with Gasteiger partial charge in [-0.05, 0) is 18.4 Å². The lowest BCUT2D eigenvalue weighted by atomic mass is 10.00. The highest BCUT2D eigenvalue weighted by Crippen LogP contribution is 2.32. The van der Waals surface area contributed by atoms with E-state index in [0.717, 1.165) is 17.9 Å². The third-order valence-electron chi connectivity index (χ3n) is 4.57. The molecule has 1 fully saturated rings. The molecule has 0 aromatic heterocycles. The van der Waals surface area contributed by atoms with E-state index in [1.54, 1.807) is 4.90 Å². The lowest BCUT2D eigenvalue weighted by Crippen LogP contribution is -2.40. The number of halogens is 3. The Kier molecular flexibility index (Phi) is 4.12. The van der Waals surface area contributed by atoms with Crippen LogP contribution in [0, 0.1) is 5.92 Å². The van der Waals surface area contributed by atoms with Crippen molar-refractivity contribution in [2.24, 2.45) is 10.9 Å². The first-order valence-electron chi connectivity index (χ1n) is 7.67. The fourth-order valence-corrected chi connectivity index (χ4v) is 3.25. The van der Waals surface area contributed by atoms with Crippen LogP contribution in [0.4, 0.5) is 13.2 Å². The Morgan fingerprint density at radius 3 is 2.74 bits per heavy atom. The Hall–Kier alpha value is -1.92. The van der Waals surface area contributed by atoms with Crippen molar-refractivity contribution >= 4 is 17.9 Å². The molecular formula is C16H17F3N2O2. The molecule has 4 nitrogen and oxygen atoms in total. The summed E-state index contributed by atoms with van der Waals surface area (Å²) in [5.41, 5.74) is 0.655. The largest absolute Gasteiger partial charge is 0.417 e. The van der Waals surface area contributed by atoms with E-state index in [9.17, 15) is 22.8 Å². The summed E-state index contributed by atoms with van der Waals surface area (Å²) < 4.78 is 38.3. The zero-order chi connectivity index (χ0) is 16.6. The number of hydrogen-bond donors (Lipinski definition) is 0. The summed E-state index contributed by atoms with van der Waals surface area (Å²) in [5, 5.41) is 0. The normalized spacial score (nSPS) is 25.3. The number of hydrogen-bond acceptors (Lipinski definition) is 3. The third kappa shape index (κ3) is 3.38. The summed E-state index contributed by atoms with van der Waals surface area (Å²) in [6, 6.07) is 0. The summed E-state index contributed by atoms with van der Waals surface area (Å²) in [7, 11) is 0.